The molecule has 0 unspecified atom stereocenters. The number of aryl methyl sites for hydroxylation is 2. The highest BCUT2D eigenvalue weighted by Gasteiger charge is 2.14. The zero-order valence-electron chi connectivity index (χ0n) is 13.1. The molecule has 1 aromatic carbocycles. The van der Waals surface area contributed by atoms with Crippen LogP contribution in [0, 0.1) is 13.8 Å². The van der Waals surface area contributed by atoms with Crippen LogP contribution in [0.15, 0.2) is 41.3 Å². The molecule has 3 rings (SSSR count). The zero-order valence-corrected chi connectivity index (χ0v) is 16.4. The molecular weight excluding hydrogens is 422 g/mol. The van der Waals surface area contributed by atoms with Gasteiger partial charge < -0.3 is 4.57 Å². The summed E-state index contributed by atoms with van der Waals surface area (Å²) in [5.74, 6) is 0.710. The molecule has 0 bridgehead atoms. The quantitative estimate of drug-likeness (QED) is 0.580. The molecular formula is C17H19Br2N3O. The molecule has 0 radical (unpaired) electrons. The highest BCUT2D eigenvalue weighted by Crippen LogP contribution is 2.13. The van der Waals surface area contributed by atoms with Gasteiger partial charge in [0.25, 0.3) is 5.56 Å². The summed E-state index contributed by atoms with van der Waals surface area (Å²) >= 11 is 3.40. The van der Waals surface area contributed by atoms with Crippen LogP contribution in [0.1, 0.15) is 22.5 Å². The molecule has 0 spiro atoms. The van der Waals surface area contributed by atoms with E-state index in [9.17, 15) is 4.79 Å². The molecule has 6 heteroatoms. The van der Waals surface area contributed by atoms with E-state index in [0.717, 1.165) is 22.3 Å². The molecule has 0 amide bonds. The summed E-state index contributed by atoms with van der Waals surface area (Å²) in [6, 6.07) is 10.2. The first-order valence-electron chi connectivity index (χ1n) is 7.29. The number of alkyl halides is 1. The fourth-order valence-corrected chi connectivity index (χ4v) is 3.12. The van der Waals surface area contributed by atoms with Crippen LogP contribution >= 0.6 is 32.9 Å². The van der Waals surface area contributed by atoms with Crippen molar-refractivity contribution >= 4 is 38.7 Å². The van der Waals surface area contributed by atoms with Crippen LogP contribution in [0.4, 0.5) is 0 Å². The average Bonchev–Trinajstić information content (AvgIpc) is 2.82. The number of imidazole rings is 1. The standard InChI is InChI=1S/C17H18BrN3O.BrH/c1-12-10-21-16(22)15(8-9-18)13(2)19-17(21)20(12)11-14-6-4-3-5-7-14;/h3-7,10H,8-9,11H2,1-2H3;1H. The number of halogens is 2. The number of rotatable bonds is 4. The summed E-state index contributed by atoms with van der Waals surface area (Å²) in [6.07, 6.45) is 2.58. The highest BCUT2D eigenvalue weighted by molar-refractivity contribution is 9.09. The molecule has 0 aliphatic carbocycles. The van der Waals surface area contributed by atoms with E-state index >= 15 is 0 Å². The largest absolute Gasteiger partial charge is 0.310 e. The normalized spacial score (nSPS) is 10.7. The zero-order chi connectivity index (χ0) is 15.7. The lowest BCUT2D eigenvalue weighted by molar-refractivity contribution is 0.779. The number of hydrogen-bond donors (Lipinski definition) is 0. The van der Waals surface area contributed by atoms with Crippen LogP contribution in [0.5, 0.6) is 0 Å². The van der Waals surface area contributed by atoms with Crippen LogP contribution in [-0.4, -0.2) is 19.3 Å². The number of fused-ring (bicyclic) bond motifs is 1. The fraction of sp³-hybridized carbons (Fsp3) is 0.294. The molecule has 2 heterocycles. The van der Waals surface area contributed by atoms with E-state index < -0.39 is 0 Å². The van der Waals surface area contributed by atoms with Gasteiger partial charge in [-0.15, -0.1) is 17.0 Å². The Balaban J connectivity index is 0.00000192. The summed E-state index contributed by atoms with van der Waals surface area (Å²) in [6.45, 7) is 4.64. The predicted molar refractivity (Wildman–Crippen MR) is 102 cm³/mol. The molecule has 0 aliphatic rings. The molecule has 122 valence electrons. The van der Waals surface area contributed by atoms with Gasteiger partial charge in [-0.3, -0.25) is 9.20 Å². The summed E-state index contributed by atoms with van der Waals surface area (Å²) in [7, 11) is 0. The van der Waals surface area contributed by atoms with E-state index in [1.54, 1.807) is 4.40 Å². The smallest absolute Gasteiger partial charge is 0.262 e. The van der Waals surface area contributed by atoms with Gasteiger partial charge in [0.05, 0.1) is 12.2 Å². The van der Waals surface area contributed by atoms with Crippen molar-refractivity contribution in [3.8, 4) is 0 Å². The lowest BCUT2D eigenvalue weighted by Crippen LogP contribution is -2.21. The first-order valence-corrected chi connectivity index (χ1v) is 8.42. The van der Waals surface area contributed by atoms with Gasteiger partial charge in [-0.1, -0.05) is 46.3 Å². The number of benzene rings is 1. The van der Waals surface area contributed by atoms with Crippen LogP contribution in [0.2, 0.25) is 0 Å². The molecule has 0 atom stereocenters. The second-order valence-electron chi connectivity index (χ2n) is 5.43. The van der Waals surface area contributed by atoms with E-state index in [2.05, 4.69) is 37.6 Å². The monoisotopic (exact) mass is 439 g/mol. The first kappa shape index (κ1) is 17.9. The summed E-state index contributed by atoms with van der Waals surface area (Å²) in [5.41, 5.74) is 3.86. The van der Waals surface area contributed by atoms with E-state index in [1.807, 2.05) is 38.2 Å². The number of hydrogen-bond acceptors (Lipinski definition) is 2. The Bertz CT molecular complexity index is 869. The third kappa shape index (κ3) is 3.43. The minimum atomic E-state index is 0. The Morgan fingerprint density at radius 2 is 1.87 bits per heavy atom. The minimum Gasteiger partial charge on any atom is -0.310 e. The SMILES string of the molecule is Br.Cc1nc2n(Cc3ccccc3)c(C)cn2c(=O)c1CCBr. The van der Waals surface area contributed by atoms with Gasteiger partial charge in [0.15, 0.2) is 0 Å². The first-order chi connectivity index (χ1) is 10.6. The molecule has 3 aromatic rings. The maximum atomic E-state index is 12.6. The van der Waals surface area contributed by atoms with E-state index in [1.165, 1.54) is 5.56 Å². The minimum absolute atomic E-state index is 0. The second kappa shape index (κ2) is 7.45. The van der Waals surface area contributed by atoms with Crippen molar-refractivity contribution in [2.45, 2.75) is 26.8 Å². The van der Waals surface area contributed by atoms with Gasteiger partial charge in [0, 0.05) is 22.8 Å². The van der Waals surface area contributed by atoms with Gasteiger partial charge >= 0.3 is 0 Å². The second-order valence-corrected chi connectivity index (χ2v) is 6.23. The van der Waals surface area contributed by atoms with Crippen molar-refractivity contribution < 1.29 is 0 Å². The Hall–Kier alpha value is -1.40. The van der Waals surface area contributed by atoms with Gasteiger partial charge in [-0.05, 0) is 25.8 Å². The molecule has 0 fully saturated rings. The van der Waals surface area contributed by atoms with E-state index in [-0.39, 0.29) is 22.5 Å². The van der Waals surface area contributed by atoms with Crippen LogP contribution in [0.25, 0.3) is 5.78 Å². The molecule has 0 saturated carbocycles. The van der Waals surface area contributed by atoms with Crippen molar-refractivity contribution in [3.63, 3.8) is 0 Å². The Morgan fingerprint density at radius 3 is 2.52 bits per heavy atom. The van der Waals surface area contributed by atoms with Gasteiger partial charge in [-0.25, -0.2) is 4.98 Å². The third-order valence-electron chi connectivity index (χ3n) is 3.91. The van der Waals surface area contributed by atoms with Crippen molar-refractivity contribution in [2.24, 2.45) is 0 Å². The molecule has 4 nitrogen and oxygen atoms in total. The lowest BCUT2D eigenvalue weighted by Gasteiger charge is -2.09. The maximum Gasteiger partial charge on any atom is 0.262 e. The molecule has 0 aliphatic heterocycles. The molecule has 0 saturated heterocycles. The van der Waals surface area contributed by atoms with Gasteiger partial charge in [0.1, 0.15) is 0 Å². The topological polar surface area (TPSA) is 39.3 Å². The van der Waals surface area contributed by atoms with Crippen molar-refractivity contribution in [2.75, 3.05) is 5.33 Å². The van der Waals surface area contributed by atoms with Crippen LogP contribution < -0.4 is 5.56 Å². The van der Waals surface area contributed by atoms with Crippen LogP contribution in [-0.2, 0) is 13.0 Å². The predicted octanol–water partition coefficient (Wildman–Crippen LogP) is 3.68. The fourth-order valence-electron chi connectivity index (χ4n) is 2.73. The van der Waals surface area contributed by atoms with Gasteiger partial charge in [0.2, 0.25) is 5.78 Å². The molecule has 23 heavy (non-hydrogen) atoms. The molecule has 0 N–H and O–H groups in total. The van der Waals surface area contributed by atoms with Crippen molar-refractivity contribution in [3.05, 3.63) is 69.4 Å². The summed E-state index contributed by atoms with van der Waals surface area (Å²) < 4.78 is 3.75. The van der Waals surface area contributed by atoms with Gasteiger partial charge in [-0.2, -0.15) is 0 Å². The third-order valence-corrected chi connectivity index (χ3v) is 4.30. The number of aromatic nitrogens is 3. The number of nitrogens with zero attached hydrogens (tertiary/aromatic N) is 3. The van der Waals surface area contributed by atoms with E-state index in [0.29, 0.717) is 18.7 Å². The molecule has 2 aromatic heterocycles. The lowest BCUT2D eigenvalue weighted by atomic mass is 10.2. The van der Waals surface area contributed by atoms with Crippen molar-refractivity contribution in [1.82, 2.24) is 14.0 Å². The summed E-state index contributed by atoms with van der Waals surface area (Å²) in [5, 5.41) is 0.764. The Kier molecular flexibility index (Phi) is 5.81. The Labute approximate surface area is 154 Å². The van der Waals surface area contributed by atoms with Crippen molar-refractivity contribution in [1.29, 1.82) is 0 Å². The average molecular weight is 441 g/mol. The maximum absolute atomic E-state index is 12.6. The Morgan fingerprint density at radius 1 is 1.17 bits per heavy atom. The highest BCUT2D eigenvalue weighted by atomic mass is 79.9. The van der Waals surface area contributed by atoms with Crippen LogP contribution in [0.3, 0.4) is 0 Å². The van der Waals surface area contributed by atoms with E-state index in [4.69, 9.17) is 0 Å². The summed E-state index contributed by atoms with van der Waals surface area (Å²) in [4.78, 5) is 17.3.